The van der Waals surface area contributed by atoms with Crippen molar-refractivity contribution < 1.29 is 9.59 Å². The first-order valence-corrected chi connectivity index (χ1v) is 10.7. The summed E-state index contributed by atoms with van der Waals surface area (Å²) in [6.45, 7) is 8.31. The lowest BCUT2D eigenvalue weighted by molar-refractivity contribution is -0.129. The number of aromatic nitrogens is 2. The van der Waals surface area contributed by atoms with E-state index in [1.165, 1.54) is 11.6 Å². The van der Waals surface area contributed by atoms with Crippen LogP contribution in [0.2, 0.25) is 0 Å². The number of hydrogen-bond donors (Lipinski definition) is 3. The van der Waals surface area contributed by atoms with E-state index in [0.717, 1.165) is 28.9 Å². The summed E-state index contributed by atoms with van der Waals surface area (Å²) in [5.41, 5.74) is 5.58. The molecular weight excluding hydrogens is 416 g/mol. The zero-order chi connectivity index (χ0) is 23.4. The molecule has 3 N–H and O–H groups in total. The van der Waals surface area contributed by atoms with Gasteiger partial charge in [0.05, 0.1) is 0 Å². The SMILES string of the molecule is C=CC(=O)Nc1cccc(Nc2nc(Nc3cccc4c3CCN(C(C)=O)C4)ncc2C)c1. The quantitative estimate of drug-likeness (QED) is 0.492. The van der Waals surface area contributed by atoms with Gasteiger partial charge in [0.2, 0.25) is 17.8 Å². The van der Waals surface area contributed by atoms with Crippen LogP contribution in [0.15, 0.2) is 61.3 Å². The highest BCUT2D eigenvalue weighted by Crippen LogP contribution is 2.29. The normalized spacial score (nSPS) is 12.5. The van der Waals surface area contributed by atoms with Gasteiger partial charge in [-0.2, -0.15) is 4.98 Å². The Balaban J connectivity index is 1.54. The van der Waals surface area contributed by atoms with E-state index in [1.54, 1.807) is 19.2 Å². The van der Waals surface area contributed by atoms with E-state index in [2.05, 4.69) is 38.6 Å². The van der Waals surface area contributed by atoms with Crippen molar-refractivity contribution in [3.05, 3.63) is 78.0 Å². The Labute approximate surface area is 192 Å². The highest BCUT2D eigenvalue weighted by molar-refractivity contribution is 5.99. The minimum absolute atomic E-state index is 0.0877. The van der Waals surface area contributed by atoms with Gasteiger partial charge in [0, 0.05) is 48.8 Å². The predicted molar refractivity (Wildman–Crippen MR) is 130 cm³/mol. The van der Waals surface area contributed by atoms with Gasteiger partial charge in [0.15, 0.2) is 0 Å². The van der Waals surface area contributed by atoms with Gasteiger partial charge >= 0.3 is 0 Å². The van der Waals surface area contributed by atoms with E-state index in [4.69, 9.17) is 0 Å². The summed E-state index contributed by atoms with van der Waals surface area (Å²) >= 11 is 0. The molecule has 4 rings (SSSR count). The van der Waals surface area contributed by atoms with E-state index in [1.807, 2.05) is 42.2 Å². The molecule has 2 heterocycles. The van der Waals surface area contributed by atoms with Crippen molar-refractivity contribution in [1.82, 2.24) is 14.9 Å². The van der Waals surface area contributed by atoms with E-state index in [9.17, 15) is 9.59 Å². The Morgan fingerprint density at radius 1 is 1.12 bits per heavy atom. The number of anilines is 5. The Hall–Kier alpha value is -4.20. The molecular formula is C25H26N6O2. The lowest BCUT2D eigenvalue weighted by Gasteiger charge is -2.29. The molecule has 2 aromatic carbocycles. The summed E-state index contributed by atoms with van der Waals surface area (Å²) in [6.07, 6.45) is 3.76. The molecule has 0 spiro atoms. The fourth-order valence-electron chi connectivity index (χ4n) is 3.75. The summed E-state index contributed by atoms with van der Waals surface area (Å²) in [6, 6.07) is 13.4. The molecule has 1 aliphatic heterocycles. The number of nitrogens with zero attached hydrogens (tertiary/aromatic N) is 3. The van der Waals surface area contributed by atoms with Crippen molar-refractivity contribution in [2.24, 2.45) is 0 Å². The summed E-state index contributed by atoms with van der Waals surface area (Å²) in [5, 5.41) is 9.39. The van der Waals surface area contributed by atoms with Crippen LogP contribution in [0.5, 0.6) is 0 Å². The first-order chi connectivity index (χ1) is 15.9. The molecule has 0 fully saturated rings. The van der Waals surface area contributed by atoms with Gasteiger partial charge in [-0.25, -0.2) is 4.98 Å². The van der Waals surface area contributed by atoms with Crippen LogP contribution in [0.25, 0.3) is 0 Å². The molecule has 0 radical (unpaired) electrons. The Morgan fingerprint density at radius 3 is 2.70 bits per heavy atom. The molecule has 168 valence electrons. The molecule has 0 saturated heterocycles. The highest BCUT2D eigenvalue weighted by atomic mass is 16.2. The standard InChI is InChI=1S/C25H26N6O2/c1-4-23(33)27-19-8-6-9-20(13-19)28-24-16(2)14-26-25(30-24)29-22-10-5-7-18-15-31(17(3)32)12-11-21(18)22/h4-10,13-14H,1,11-12,15H2,2-3H3,(H,27,33)(H2,26,28,29,30). The molecule has 2 amide bonds. The second-order valence-electron chi connectivity index (χ2n) is 7.88. The summed E-state index contributed by atoms with van der Waals surface area (Å²) in [7, 11) is 0. The van der Waals surface area contributed by atoms with E-state index >= 15 is 0 Å². The summed E-state index contributed by atoms with van der Waals surface area (Å²) in [4.78, 5) is 34.3. The van der Waals surface area contributed by atoms with Crippen LogP contribution in [-0.2, 0) is 22.6 Å². The topological polar surface area (TPSA) is 99.2 Å². The maximum absolute atomic E-state index is 11.8. The van der Waals surface area contributed by atoms with Crippen LogP contribution in [0, 0.1) is 6.92 Å². The van der Waals surface area contributed by atoms with Crippen molar-refractivity contribution in [3.63, 3.8) is 0 Å². The van der Waals surface area contributed by atoms with Crippen LogP contribution in [0.4, 0.5) is 28.8 Å². The van der Waals surface area contributed by atoms with Crippen molar-refractivity contribution in [2.45, 2.75) is 26.8 Å². The lowest BCUT2D eigenvalue weighted by Crippen LogP contribution is -2.34. The first-order valence-electron chi connectivity index (χ1n) is 10.7. The number of hydrogen-bond acceptors (Lipinski definition) is 6. The number of benzene rings is 2. The minimum atomic E-state index is -0.269. The van der Waals surface area contributed by atoms with Crippen LogP contribution in [-0.4, -0.2) is 33.2 Å². The van der Waals surface area contributed by atoms with Crippen molar-refractivity contribution in [3.8, 4) is 0 Å². The largest absolute Gasteiger partial charge is 0.340 e. The molecule has 0 bridgehead atoms. The van der Waals surface area contributed by atoms with E-state index in [0.29, 0.717) is 30.5 Å². The third kappa shape index (κ3) is 5.17. The van der Waals surface area contributed by atoms with Gasteiger partial charge in [-0.15, -0.1) is 0 Å². The average Bonchev–Trinajstić information content (AvgIpc) is 2.81. The number of aryl methyl sites for hydroxylation is 1. The van der Waals surface area contributed by atoms with Gasteiger partial charge in [-0.1, -0.05) is 24.8 Å². The molecule has 33 heavy (non-hydrogen) atoms. The van der Waals surface area contributed by atoms with Gasteiger partial charge in [0.1, 0.15) is 5.82 Å². The fraction of sp³-hybridized carbons (Fsp3) is 0.200. The van der Waals surface area contributed by atoms with Crippen molar-refractivity contribution >= 4 is 40.6 Å². The van der Waals surface area contributed by atoms with Gasteiger partial charge in [-0.05, 0) is 54.8 Å². The lowest BCUT2D eigenvalue weighted by atomic mass is 9.97. The Bertz CT molecular complexity index is 1220. The smallest absolute Gasteiger partial charge is 0.247 e. The molecule has 3 aromatic rings. The Morgan fingerprint density at radius 2 is 1.91 bits per heavy atom. The monoisotopic (exact) mass is 442 g/mol. The average molecular weight is 443 g/mol. The van der Waals surface area contributed by atoms with E-state index < -0.39 is 0 Å². The third-order valence-electron chi connectivity index (χ3n) is 5.51. The van der Waals surface area contributed by atoms with Gasteiger partial charge in [0.25, 0.3) is 0 Å². The maximum Gasteiger partial charge on any atom is 0.247 e. The van der Waals surface area contributed by atoms with Crippen LogP contribution in [0.1, 0.15) is 23.6 Å². The van der Waals surface area contributed by atoms with Crippen LogP contribution < -0.4 is 16.0 Å². The van der Waals surface area contributed by atoms with Gasteiger partial charge in [-0.3, -0.25) is 9.59 Å². The van der Waals surface area contributed by atoms with Crippen molar-refractivity contribution in [1.29, 1.82) is 0 Å². The molecule has 0 aliphatic carbocycles. The molecule has 8 nitrogen and oxygen atoms in total. The Kier molecular flexibility index (Phi) is 6.35. The number of nitrogens with one attached hydrogen (secondary N) is 3. The second-order valence-corrected chi connectivity index (χ2v) is 7.88. The molecule has 8 heteroatoms. The fourth-order valence-corrected chi connectivity index (χ4v) is 3.75. The molecule has 0 unspecified atom stereocenters. The number of amides is 2. The number of carbonyl (C=O) groups excluding carboxylic acids is 2. The molecule has 0 saturated carbocycles. The molecule has 0 atom stereocenters. The number of rotatable bonds is 6. The maximum atomic E-state index is 11.8. The summed E-state index contributed by atoms with van der Waals surface area (Å²) in [5.74, 6) is 0.952. The predicted octanol–water partition coefficient (Wildman–Crippen LogP) is 4.30. The minimum Gasteiger partial charge on any atom is -0.340 e. The second kappa shape index (κ2) is 9.52. The molecule has 1 aliphatic rings. The number of carbonyl (C=O) groups is 2. The number of fused-ring (bicyclic) bond motifs is 1. The zero-order valence-electron chi connectivity index (χ0n) is 18.7. The van der Waals surface area contributed by atoms with Gasteiger partial charge < -0.3 is 20.9 Å². The van der Waals surface area contributed by atoms with Crippen LogP contribution >= 0.6 is 0 Å². The third-order valence-corrected chi connectivity index (χ3v) is 5.51. The van der Waals surface area contributed by atoms with Crippen molar-refractivity contribution in [2.75, 3.05) is 22.5 Å². The summed E-state index contributed by atoms with van der Waals surface area (Å²) < 4.78 is 0. The first kappa shape index (κ1) is 22.0. The van der Waals surface area contributed by atoms with Crippen LogP contribution in [0.3, 0.4) is 0 Å². The zero-order valence-corrected chi connectivity index (χ0v) is 18.7. The molecule has 1 aromatic heterocycles. The highest BCUT2D eigenvalue weighted by Gasteiger charge is 2.20. The van der Waals surface area contributed by atoms with E-state index in [-0.39, 0.29) is 11.8 Å².